The highest BCUT2D eigenvalue weighted by atomic mass is 32.2. The van der Waals surface area contributed by atoms with Gasteiger partial charge in [-0.15, -0.1) is 11.3 Å². The summed E-state index contributed by atoms with van der Waals surface area (Å²) >= 11 is 1.49. The first-order chi connectivity index (χ1) is 9.97. The second-order valence-electron chi connectivity index (χ2n) is 5.73. The molecule has 0 saturated carbocycles. The molecule has 1 aliphatic heterocycles. The Hall–Kier alpha value is -0.470. The van der Waals surface area contributed by atoms with Crippen LogP contribution in [-0.4, -0.2) is 45.5 Å². The van der Waals surface area contributed by atoms with Crippen LogP contribution < -0.4 is 10.0 Å². The molecule has 21 heavy (non-hydrogen) atoms. The Morgan fingerprint density at radius 2 is 2.05 bits per heavy atom. The molecule has 2 N–H and O–H groups in total. The van der Waals surface area contributed by atoms with E-state index in [4.69, 9.17) is 0 Å². The van der Waals surface area contributed by atoms with Crippen LogP contribution in [-0.2, 0) is 16.6 Å². The fourth-order valence-electron chi connectivity index (χ4n) is 2.33. The number of likely N-dealkylation sites (tertiary alicyclic amines) is 1. The first-order valence-corrected chi connectivity index (χ1v) is 9.86. The Morgan fingerprint density at radius 1 is 1.33 bits per heavy atom. The Balaban J connectivity index is 1.83. The largest absolute Gasteiger partial charge is 0.310 e. The normalized spacial score (nSPS) is 16.9. The summed E-state index contributed by atoms with van der Waals surface area (Å²) in [5.41, 5.74) is 0. The summed E-state index contributed by atoms with van der Waals surface area (Å²) in [6.07, 6.45) is 2.45. The highest BCUT2D eigenvalue weighted by Crippen LogP contribution is 2.19. The summed E-state index contributed by atoms with van der Waals surface area (Å²) in [7, 11) is -3.36. The second kappa shape index (κ2) is 7.69. The third-order valence-electron chi connectivity index (χ3n) is 3.54. The molecule has 0 bridgehead atoms. The molecule has 0 aromatic carbocycles. The van der Waals surface area contributed by atoms with E-state index in [1.54, 1.807) is 11.4 Å². The zero-order valence-electron chi connectivity index (χ0n) is 12.8. The van der Waals surface area contributed by atoms with Crippen molar-refractivity contribution >= 4 is 21.4 Å². The second-order valence-corrected chi connectivity index (χ2v) is 8.49. The van der Waals surface area contributed by atoms with Gasteiger partial charge in [-0.1, -0.05) is 13.8 Å². The number of rotatable bonds is 8. The van der Waals surface area contributed by atoms with Crippen LogP contribution in [0.3, 0.4) is 0 Å². The summed E-state index contributed by atoms with van der Waals surface area (Å²) in [6, 6.07) is 2.16. The molecule has 2 heterocycles. The van der Waals surface area contributed by atoms with Gasteiger partial charge in [0.15, 0.2) is 0 Å². The summed E-state index contributed by atoms with van der Waals surface area (Å²) in [6.45, 7) is 8.32. The van der Waals surface area contributed by atoms with Gasteiger partial charge in [-0.05, 0) is 32.0 Å². The van der Waals surface area contributed by atoms with Crippen molar-refractivity contribution in [3.8, 4) is 0 Å². The van der Waals surface area contributed by atoms with Gasteiger partial charge in [0.25, 0.3) is 0 Å². The monoisotopic (exact) mass is 331 g/mol. The third kappa shape index (κ3) is 5.34. The van der Waals surface area contributed by atoms with Gasteiger partial charge in [0.1, 0.15) is 0 Å². The molecule has 0 unspecified atom stereocenters. The summed E-state index contributed by atoms with van der Waals surface area (Å²) in [5.74, 6) is 0. The lowest BCUT2D eigenvalue weighted by molar-refractivity contribution is 0.344. The van der Waals surface area contributed by atoms with E-state index in [1.807, 2.05) is 0 Å². The maximum atomic E-state index is 12.2. The average molecular weight is 332 g/mol. The van der Waals surface area contributed by atoms with Crippen molar-refractivity contribution in [2.24, 2.45) is 0 Å². The van der Waals surface area contributed by atoms with E-state index in [-0.39, 0.29) is 0 Å². The van der Waals surface area contributed by atoms with Gasteiger partial charge in [0.2, 0.25) is 10.0 Å². The Kier molecular flexibility index (Phi) is 6.19. The highest BCUT2D eigenvalue weighted by Gasteiger charge is 2.17. The summed E-state index contributed by atoms with van der Waals surface area (Å²) in [5, 5.41) is 5.01. The fraction of sp³-hybridized carbons (Fsp3) is 0.714. The van der Waals surface area contributed by atoms with Crippen LogP contribution >= 0.6 is 11.3 Å². The van der Waals surface area contributed by atoms with Crippen LogP contribution in [0.25, 0.3) is 0 Å². The molecule has 5 nitrogen and oxygen atoms in total. The van der Waals surface area contributed by atoms with E-state index in [1.165, 1.54) is 24.2 Å². The van der Waals surface area contributed by atoms with Crippen molar-refractivity contribution in [2.75, 3.05) is 26.2 Å². The quantitative estimate of drug-likeness (QED) is 0.760. The molecule has 1 aliphatic rings. The molecule has 0 radical (unpaired) electrons. The minimum Gasteiger partial charge on any atom is -0.310 e. The van der Waals surface area contributed by atoms with Crippen LogP contribution in [0.4, 0.5) is 0 Å². The van der Waals surface area contributed by atoms with Crippen LogP contribution in [0.2, 0.25) is 0 Å². The maximum Gasteiger partial charge on any atom is 0.241 e. The number of hydrogen-bond donors (Lipinski definition) is 2. The molecule has 1 aromatic heterocycles. The van der Waals surface area contributed by atoms with Gasteiger partial charge in [-0.2, -0.15) is 0 Å². The number of sulfonamides is 1. The van der Waals surface area contributed by atoms with Crippen molar-refractivity contribution < 1.29 is 8.42 Å². The highest BCUT2D eigenvalue weighted by molar-refractivity contribution is 7.89. The number of hydrogen-bond acceptors (Lipinski definition) is 5. The van der Waals surface area contributed by atoms with E-state index < -0.39 is 10.0 Å². The molecule has 2 rings (SSSR count). The lowest BCUT2D eigenvalue weighted by Gasteiger charge is -2.14. The molecular weight excluding hydrogens is 306 g/mol. The molecule has 120 valence electrons. The van der Waals surface area contributed by atoms with Gasteiger partial charge >= 0.3 is 0 Å². The van der Waals surface area contributed by atoms with Crippen LogP contribution in [0, 0.1) is 0 Å². The molecule has 0 amide bonds. The predicted octanol–water partition coefficient (Wildman–Crippen LogP) is 1.62. The zero-order valence-corrected chi connectivity index (χ0v) is 14.4. The van der Waals surface area contributed by atoms with Gasteiger partial charge in [0.05, 0.1) is 4.90 Å². The smallest absolute Gasteiger partial charge is 0.241 e. The number of nitrogens with zero attached hydrogens (tertiary/aromatic N) is 1. The van der Waals surface area contributed by atoms with Crippen molar-refractivity contribution in [2.45, 2.75) is 44.2 Å². The zero-order chi connectivity index (χ0) is 15.3. The first-order valence-electron chi connectivity index (χ1n) is 7.50. The molecule has 0 atom stereocenters. The fourth-order valence-corrected chi connectivity index (χ4v) is 4.57. The predicted molar refractivity (Wildman–Crippen MR) is 87.2 cm³/mol. The van der Waals surface area contributed by atoms with Crippen molar-refractivity contribution in [1.82, 2.24) is 14.9 Å². The Morgan fingerprint density at radius 3 is 2.71 bits per heavy atom. The topological polar surface area (TPSA) is 61.4 Å². The maximum absolute atomic E-state index is 12.2. The molecular formula is C14H25N3O2S2. The van der Waals surface area contributed by atoms with Crippen molar-refractivity contribution in [1.29, 1.82) is 0 Å². The third-order valence-corrected chi connectivity index (χ3v) is 6.07. The lowest BCUT2D eigenvalue weighted by atomic mass is 10.4. The molecule has 7 heteroatoms. The molecule has 0 spiro atoms. The molecule has 1 aromatic rings. The lowest BCUT2D eigenvalue weighted by Crippen LogP contribution is -2.33. The van der Waals surface area contributed by atoms with Crippen LogP contribution in [0.1, 0.15) is 31.6 Å². The molecule has 1 saturated heterocycles. The standard InChI is InChI=1S/C14H25N3O2S2/c1-12(2)15-10-13-9-14(11-20-13)21(18,19)16-5-8-17-6-3-4-7-17/h9,11-12,15-16H,3-8,10H2,1-2H3. The molecule has 0 aliphatic carbocycles. The average Bonchev–Trinajstić information content (AvgIpc) is 3.07. The van der Waals surface area contributed by atoms with Crippen molar-refractivity contribution in [3.05, 3.63) is 16.3 Å². The van der Waals surface area contributed by atoms with E-state index in [9.17, 15) is 8.42 Å². The van der Waals surface area contributed by atoms with E-state index in [0.29, 0.717) is 24.0 Å². The van der Waals surface area contributed by atoms with Gasteiger partial charge in [0, 0.05) is 35.9 Å². The van der Waals surface area contributed by atoms with Gasteiger partial charge in [-0.3, -0.25) is 0 Å². The number of nitrogens with one attached hydrogen (secondary N) is 2. The first kappa shape index (κ1) is 16.9. The Bertz CT molecular complexity index is 534. The molecule has 1 fully saturated rings. The summed E-state index contributed by atoms with van der Waals surface area (Å²) in [4.78, 5) is 3.73. The number of thiophene rings is 1. The van der Waals surface area contributed by atoms with Gasteiger partial charge in [-0.25, -0.2) is 13.1 Å². The van der Waals surface area contributed by atoms with Gasteiger partial charge < -0.3 is 10.2 Å². The SMILES string of the molecule is CC(C)NCc1cc(S(=O)(=O)NCCN2CCCC2)cs1. The van der Waals surface area contributed by atoms with E-state index >= 15 is 0 Å². The minimum atomic E-state index is -3.36. The van der Waals surface area contributed by atoms with E-state index in [2.05, 4.69) is 28.8 Å². The van der Waals surface area contributed by atoms with Crippen LogP contribution in [0.15, 0.2) is 16.3 Å². The summed E-state index contributed by atoms with van der Waals surface area (Å²) < 4.78 is 27.1. The minimum absolute atomic E-state index is 0.384. The van der Waals surface area contributed by atoms with Crippen LogP contribution in [0.5, 0.6) is 0 Å². The van der Waals surface area contributed by atoms with Crippen molar-refractivity contribution in [3.63, 3.8) is 0 Å². The Labute approximate surface area is 131 Å². The van der Waals surface area contributed by atoms with E-state index in [0.717, 1.165) is 24.5 Å².